The monoisotopic (exact) mass is 513 g/mol. The molecule has 1 unspecified atom stereocenters. The first kappa shape index (κ1) is 24.8. The molecular formula is C29H39N9. The molecule has 200 valence electrons. The lowest BCUT2D eigenvalue weighted by Gasteiger charge is -2.37. The van der Waals surface area contributed by atoms with Crippen LogP contribution in [0, 0.1) is 0 Å². The maximum Gasteiger partial charge on any atom is 0.110 e. The van der Waals surface area contributed by atoms with Gasteiger partial charge in [-0.1, -0.05) is 0 Å². The summed E-state index contributed by atoms with van der Waals surface area (Å²) in [6.07, 6.45) is 19.0. The summed E-state index contributed by atoms with van der Waals surface area (Å²) < 4.78 is 0. The quantitative estimate of drug-likeness (QED) is 0.216. The molecule has 4 aromatic heterocycles. The van der Waals surface area contributed by atoms with Crippen molar-refractivity contribution >= 4 is 0 Å². The van der Waals surface area contributed by atoms with Crippen LogP contribution in [0.15, 0.2) is 72.7 Å². The summed E-state index contributed by atoms with van der Waals surface area (Å²) in [4.78, 5) is 25.4. The molecule has 38 heavy (non-hydrogen) atoms. The van der Waals surface area contributed by atoms with Gasteiger partial charge < -0.3 is 29.8 Å². The number of H-pyrrole nitrogens is 4. The summed E-state index contributed by atoms with van der Waals surface area (Å²) >= 11 is 0. The highest BCUT2D eigenvalue weighted by atomic mass is 15.7. The predicted octanol–water partition coefficient (Wildman–Crippen LogP) is 4.05. The Balaban J connectivity index is 1.34. The SMILES string of the molecule is c1c[nH]c(CCC2=C(Cc3ncc[nH]3)C(CCc3ncc[nH]3)N(CCN3CCCC3)N2Cc2ccc[nH]2)c1. The van der Waals surface area contributed by atoms with Crippen molar-refractivity contribution in [2.45, 2.75) is 57.5 Å². The number of rotatable bonds is 13. The topological polar surface area (TPSA) is 98.7 Å². The number of aromatic nitrogens is 6. The number of allylic oxidation sites excluding steroid dienone is 1. The first-order valence-electron chi connectivity index (χ1n) is 14.0. The van der Waals surface area contributed by atoms with Crippen molar-refractivity contribution in [2.24, 2.45) is 0 Å². The van der Waals surface area contributed by atoms with Gasteiger partial charge in [-0.2, -0.15) is 0 Å². The number of likely N-dealkylation sites (tertiary alicyclic amines) is 1. The Morgan fingerprint density at radius 2 is 1.50 bits per heavy atom. The lowest BCUT2D eigenvalue weighted by Crippen LogP contribution is -2.46. The predicted molar refractivity (Wildman–Crippen MR) is 148 cm³/mol. The van der Waals surface area contributed by atoms with Crippen LogP contribution in [0.3, 0.4) is 0 Å². The zero-order valence-electron chi connectivity index (χ0n) is 22.1. The van der Waals surface area contributed by atoms with Crippen molar-refractivity contribution in [2.75, 3.05) is 26.2 Å². The van der Waals surface area contributed by atoms with Crippen LogP contribution in [0.1, 0.15) is 48.7 Å². The molecule has 0 aliphatic carbocycles. The van der Waals surface area contributed by atoms with Gasteiger partial charge in [0.25, 0.3) is 0 Å². The van der Waals surface area contributed by atoms with E-state index < -0.39 is 0 Å². The van der Waals surface area contributed by atoms with Gasteiger partial charge in [0.1, 0.15) is 11.6 Å². The van der Waals surface area contributed by atoms with Crippen molar-refractivity contribution < 1.29 is 0 Å². The average molecular weight is 514 g/mol. The number of aromatic amines is 4. The third kappa shape index (κ3) is 5.79. The number of nitrogens with zero attached hydrogens (tertiary/aromatic N) is 5. The molecule has 0 spiro atoms. The molecule has 9 nitrogen and oxygen atoms in total. The van der Waals surface area contributed by atoms with Crippen LogP contribution in [-0.4, -0.2) is 77.0 Å². The van der Waals surface area contributed by atoms with Crippen molar-refractivity contribution in [1.29, 1.82) is 0 Å². The Bertz CT molecular complexity index is 1230. The maximum atomic E-state index is 4.64. The Hall–Kier alpha value is -3.56. The van der Waals surface area contributed by atoms with E-state index in [2.05, 4.69) is 69.1 Å². The molecule has 1 saturated heterocycles. The van der Waals surface area contributed by atoms with Gasteiger partial charge in [0.05, 0.1) is 12.6 Å². The van der Waals surface area contributed by atoms with E-state index in [1.54, 1.807) is 0 Å². The molecule has 0 bridgehead atoms. The summed E-state index contributed by atoms with van der Waals surface area (Å²) in [5, 5.41) is 5.24. The van der Waals surface area contributed by atoms with E-state index in [0.717, 1.165) is 63.4 Å². The highest BCUT2D eigenvalue weighted by Crippen LogP contribution is 2.37. The fraction of sp³-hybridized carbons (Fsp3) is 0.448. The average Bonchev–Trinajstić information content (AvgIpc) is 3.77. The van der Waals surface area contributed by atoms with Crippen molar-refractivity contribution in [3.63, 3.8) is 0 Å². The maximum absolute atomic E-state index is 4.64. The molecule has 2 aliphatic rings. The summed E-state index contributed by atoms with van der Waals surface area (Å²) in [7, 11) is 0. The van der Waals surface area contributed by atoms with Gasteiger partial charge in [-0.25, -0.2) is 15.0 Å². The van der Waals surface area contributed by atoms with Gasteiger partial charge in [0.2, 0.25) is 0 Å². The van der Waals surface area contributed by atoms with Crippen molar-refractivity contribution in [3.05, 3.63) is 95.8 Å². The van der Waals surface area contributed by atoms with Gasteiger partial charge in [-0.3, -0.25) is 0 Å². The Morgan fingerprint density at radius 1 is 0.763 bits per heavy atom. The third-order valence-electron chi connectivity index (χ3n) is 8.00. The second kappa shape index (κ2) is 11.9. The minimum atomic E-state index is 0.293. The first-order chi connectivity index (χ1) is 18.8. The van der Waals surface area contributed by atoms with Crippen LogP contribution in [0.4, 0.5) is 0 Å². The fourth-order valence-corrected chi connectivity index (χ4v) is 6.09. The van der Waals surface area contributed by atoms with Crippen LogP contribution in [0.2, 0.25) is 0 Å². The van der Waals surface area contributed by atoms with Crippen LogP contribution in [0.5, 0.6) is 0 Å². The van der Waals surface area contributed by atoms with E-state index in [1.165, 1.54) is 48.6 Å². The number of aryl methyl sites for hydroxylation is 2. The van der Waals surface area contributed by atoms with E-state index in [9.17, 15) is 0 Å². The van der Waals surface area contributed by atoms with Gasteiger partial charge in [-0.15, -0.1) is 0 Å². The van der Waals surface area contributed by atoms with Gasteiger partial charge in [-0.05, 0) is 75.0 Å². The number of hydrogen-bond donors (Lipinski definition) is 4. The second-order valence-corrected chi connectivity index (χ2v) is 10.4. The molecule has 9 heteroatoms. The third-order valence-corrected chi connectivity index (χ3v) is 8.00. The standard InChI is InChI=1S/C29H39N9/c1-2-18-36(17-1)19-20-37-26(9-10-28-32-13-14-33-28)25(21-29-34-15-16-35-29)27(8-7-23-5-3-11-30-23)38(37)22-24-6-4-12-31-24/h3-6,11-16,26,30-31H,1-2,7-10,17-22H2,(H,32,33)(H,34,35). The van der Waals surface area contributed by atoms with Gasteiger partial charge in [0, 0.05) is 80.2 Å². The smallest absolute Gasteiger partial charge is 0.110 e. The van der Waals surface area contributed by atoms with Crippen LogP contribution in [-0.2, 0) is 25.8 Å². The molecule has 6 heterocycles. The summed E-state index contributed by atoms with van der Waals surface area (Å²) in [6, 6.07) is 8.87. The van der Waals surface area contributed by atoms with Gasteiger partial charge >= 0.3 is 0 Å². The first-order valence-corrected chi connectivity index (χ1v) is 14.0. The normalized spacial score (nSPS) is 18.8. The fourth-order valence-electron chi connectivity index (χ4n) is 6.09. The zero-order chi connectivity index (χ0) is 25.6. The van der Waals surface area contributed by atoms with E-state index >= 15 is 0 Å². The summed E-state index contributed by atoms with van der Waals surface area (Å²) in [6.45, 7) is 5.38. The second-order valence-electron chi connectivity index (χ2n) is 10.4. The Morgan fingerprint density at radius 3 is 2.18 bits per heavy atom. The van der Waals surface area contributed by atoms with Crippen LogP contribution >= 0.6 is 0 Å². The Labute approximate surface area is 224 Å². The minimum Gasteiger partial charge on any atom is -0.365 e. The molecule has 0 saturated carbocycles. The van der Waals surface area contributed by atoms with Crippen molar-refractivity contribution in [1.82, 2.24) is 44.8 Å². The largest absolute Gasteiger partial charge is 0.365 e. The van der Waals surface area contributed by atoms with E-state index in [1.807, 2.05) is 37.2 Å². The lowest BCUT2D eigenvalue weighted by atomic mass is 9.96. The highest BCUT2D eigenvalue weighted by Gasteiger charge is 2.38. The van der Waals surface area contributed by atoms with E-state index in [4.69, 9.17) is 0 Å². The lowest BCUT2D eigenvalue weighted by molar-refractivity contribution is -0.0140. The number of imidazole rings is 2. The minimum absolute atomic E-state index is 0.293. The van der Waals surface area contributed by atoms with Crippen LogP contribution < -0.4 is 0 Å². The van der Waals surface area contributed by atoms with Gasteiger partial charge in [0.15, 0.2) is 0 Å². The van der Waals surface area contributed by atoms with Crippen molar-refractivity contribution in [3.8, 4) is 0 Å². The van der Waals surface area contributed by atoms with E-state index in [-0.39, 0.29) is 0 Å². The molecule has 4 N–H and O–H groups in total. The summed E-state index contributed by atoms with van der Waals surface area (Å²) in [5.74, 6) is 2.08. The number of hydrogen-bond acceptors (Lipinski definition) is 5. The number of hydrazine groups is 1. The molecule has 2 aliphatic heterocycles. The number of nitrogens with one attached hydrogen (secondary N) is 4. The Kier molecular flexibility index (Phi) is 7.74. The van der Waals surface area contributed by atoms with Crippen LogP contribution in [0.25, 0.3) is 0 Å². The molecule has 1 atom stereocenters. The molecule has 4 aromatic rings. The molecule has 0 radical (unpaired) electrons. The summed E-state index contributed by atoms with van der Waals surface area (Å²) in [5.41, 5.74) is 5.41. The molecule has 1 fully saturated rings. The van der Waals surface area contributed by atoms with E-state index in [0.29, 0.717) is 6.04 Å². The molecule has 6 rings (SSSR count). The molecular weight excluding hydrogens is 474 g/mol. The molecule has 0 aromatic carbocycles. The zero-order valence-corrected chi connectivity index (χ0v) is 22.1. The molecule has 0 amide bonds. The highest BCUT2D eigenvalue weighted by molar-refractivity contribution is 5.29.